The summed E-state index contributed by atoms with van der Waals surface area (Å²) < 4.78 is 11.6. The zero-order valence-electron chi connectivity index (χ0n) is 15.3. The lowest BCUT2D eigenvalue weighted by molar-refractivity contribution is -0.151. The Morgan fingerprint density at radius 3 is 2.66 bits per heavy atom. The molecule has 1 saturated heterocycles. The molecule has 0 spiro atoms. The second kappa shape index (κ2) is 9.11. The molecule has 3 rings (SSSR count). The second-order valence-corrected chi connectivity index (χ2v) is 6.59. The van der Waals surface area contributed by atoms with Crippen molar-refractivity contribution < 1.29 is 29.7 Å². The molecule has 11 nitrogen and oxygen atoms in total. The van der Waals surface area contributed by atoms with Gasteiger partial charge in [0.2, 0.25) is 0 Å². The fourth-order valence-corrected chi connectivity index (χ4v) is 2.99. The molecule has 1 aliphatic rings. The first kappa shape index (κ1) is 20.9. The van der Waals surface area contributed by atoms with Crippen LogP contribution in [0.2, 0.25) is 0 Å². The molecule has 11 heteroatoms. The van der Waals surface area contributed by atoms with Crippen molar-refractivity contribution in [1.82, 2.24) is 9.55 Å². The fraction of sp³-hybridized carbons (Fsp3) is 0.389. The number of anilines is 1. The van der Waals surface area contributed by atoms with E-state index in [1.165, 1.54) is 12.3 Å². The maximum atomic E-state index is 12.1. The van der Waals surface area contributed by atoms with Crippen LogP contribution >= 0.6 is 0 Å². The van der Waals surface area contributed by atoms with Crippen molar-refractivity contribution in [2.45, 2.75) is 37.0 Å². The first-order valence-electron chi connectivity index (χ1n) is 8.87. The summed E-state index contributed by atoms with van der Waals surface area (Å²) in [5.74, 6) is -0.767. The van der Waals surface area contributed by atoms with Crippen LogP contribution in [0.25, 0.3) is 0 Å². The van der Waals surface area contributed by atoms with E-state index in [1.807, 2.05) is 30.3 Å². The molecule has 1 aliphatic heterocycles. The van der Waals surface area contributed by atoms with Crippen molar-refractivity contribution in [2.75, 3.05) is 12.1 Å². The van der Waals surface area contributed by atoms with Crippen molar-refractivity contribution in [3.05, 3.63) is 58.6 Å². The lowest BCUT2D eigenvalue weighted by Crippen LogP contribution is -2.39. The third kappa shape index (κ3) is 4.78. The van der Waals surface area contributed by atoms with Crippen molar-refractivity contribution in [1.29, 1.82) is 0 Å². The van der Waals surface area contributed by atoms with E-state index in [9.17, 15) is 19.8 Å². The van der Waals surface area contributed by atoms with Gasteiger partial charge in [0.25, 0.3) is 0 Å². The van der Waals surface area contributed by atoms with Crippen molar-refractivity contribution in [2.24, 2.45) is 5.73 Å². The van der Waals surface area contributed by atoms with Gasteiger partial charge in [0.1, 0.15) is 31.0 Å². The Morgan fingerprint density at radius 1 is 1.28 bits per heavy atom. The Balaban J connectivity index is 1.59. The zero-order chi connectivity index (χ0) is 21.0. The molecule has 0 radical (unpaired) electrons. The topological polar surface area (TPSA) is 169 Å². The van der Waals surface area contributed by atoms with Crippen LogP contribution in [0.15, 0.2) is 47.4 Å². The van der Waals surface area contributed by atoms with Crippen LogP contribution in [-0.4, -0.2) is 61.9 Å². The van der Waals surface area contributed by atoms with Gasteiger partial charge in [-0.05, 0) is 18.1 Å². The van der Waals surface area contributed by atoms with Crippen molar-refractivity contribution in [3.63, 3.8) is 0 Å². The monoisotopic (exact) mass is 406 g/mol. The average Bonchev–Trinajstić information content (AvgIpc) is 3.01. The Bertz CT molecular complexity index is 891. The number of benzene rings is 1. The summed E-state index contributed by atoms with van der Waals surface area (Å²) in [6, 6.07) is 9.56. The Labute approximate surface area is 165 Å². The van der Waals surface area contributed by atoms with Crippen LogP contribution in [0.1, 0.15) is 11.8 Å². The summed E-state index contributed by atoms with van der Waals surface area (Å²) in [5, 5.41) is 29.2. The molecular formula is C18H22N4O7. The van der Waals surface area contributed by atoms with Crippen LogP contribution in [0.5, 0.6) is 0 Å². The van der Waals surface area contributed by atoms with Gasteiger partial charge in [-0.2, -0.15) is 4.98 Å². The van der Waals surface area contributed by atoms with Gasteiger partial charge >= 0.3 is 11.7 Å². The standard InChI is InChI=1S/C18H22N4O7/c19-11(8-10-4-2-1-3-5-10)17(25)28-9-12-14(23)15(24)16(29-12)22-7-6-13(21-27)20-18(22)26/h1-7,11-12,14-16,23-24,27H,8-9,19H2,(H,20,21,26)/t11-,12+,14+,15+,16+/m0/s1. The van der Waals surface area contributed by atoms with Gasteiger partial charge in [0.05, 0.1) is 0 Å². The third-order valence-electron chi connectivity index (χ3n) is 4.55. The van der Waals surface area contributed by atoms with Crippen LogP contribution in [0, 0.1) is 0 Å². The molecule has 0 amide bonds. The molecule has 1 aromatic carbocycles. The molecule has 1 aromatic heterocycles. The number of hydrogen-bond acceptors (Lipinski definition) is 10. The molecule has 2 aromatic rings. The summed E-state index contributed by atoms with van der Waals surface area (Å²) in [5.41, 5.74) is 7.64. The SMILES string of the molecule is N[C@@H](Cc1ccccc1)C(=O)OC[C@H]1O[C@@H](n2ccc(NO)nc2=O)[C@H](O)[C@@H]1O. The summed E-state index contributed by atoms with van der Waals surface area (Å²) in [7, 11) is 0. The number of carbonyl (C=O) groups is 1. The van der Waals surface area contributed by atoms with Gasteiger partial charge < -0.3 is 25.4 Å². The van der Waals surface area contributed by atoms with Gasteiger partial charge in [0.15, 0.2) is 12.0 Å². The lowest BCUT2D eigenvalue weighted by Gasteiger charge is -2.17. The minimum atomic E-state index is -1.45. The van der Waals surface area contributed by atoms with E-state index >= 15 is 0 Å². The van der Waals surface area contributed by atoms with Gasteiger partial charge in [-0.25, -0.2) is 4.79 Å². The molecular weight excluding hydrogens is 384 g/mol. The Hall–Kier alpha value is -2.83. The largest absolute Gasteiger partial charge is 0.462 e. The van der Waals surface area contributed by atoms with Crippen LogP contribution in [-0.2, 0) is 20.7 Å². The summed E-state index contributed by atoms with van der Waals surface area (Å²) in [6.07, 6.45) is -3.64. The number of nitrogens with two attached hydrogens (primary N) is 1. The molecule has 156 valence electrons. The highest BCUT2D eigenvalue weighted by Gasteiger charge is 2.44. The van der Waals surface area contributed by atoms with E-state index in [4.69, 9.17) is 20.4 Å². The molecule has 0 aliphatic carbocycles. The zero-order valence-corrected chi connectivity index (χ0v) is 15.3. The number of rotatable bonds is 7. The third-order valence-corrected chi connectivity index (χ3v) is 4.55. The maximum absolute atomic E-state index is 12.1. The van der Waals surface area contributed by atoms with Gasteiger partial charge in [-0.1, -0.05) is 30.3 Å². The van der Waals surface area contributed by atoms with Gasteiger partial charge in [-0.3, -0.25) is 20.0 Å². The van der Waals surface area contributed by atoms with E-state index in [2.05, 4.69) is 4.98 Å². The highest BCUT2D eigenvalue weighted by atomic mass is 16.6. The smallest absolute Gasteiger partial charge is 0.351 e. The molecule has 0 bridgehead atoms. The normalized spacial score (nSPS) is 24.8. The van der Waals surface area contributed by atoms with Gasteiger partial charge in [-0.15, -0.1) is 0 Å². The number of ether oxygens (including phenoxy) is 2. The predicted molar refractivity (Wildman–Crippen MR) is 98.9 cm³/mol. The predicted octanol–water partition coefficient (Wildman–Crippen LogP) is -1.22. The highest BCUT2D eigenvalue weighted by molar-refractivity contribution is 5.75. The summed E-state index contributed by atoms with van der Waals surface area (Å²) in [4.78, 5) is 27.7. The van der Waals surface area contributed by atoms with Crippen LogP contribution in [0.4, 0.5) is 5.82 Å². The molecule has 0 saturated carbocycles. The summed E-state index contributed by atoms with van der Waals surface area (Å²) in [6.45, 7) is -0.353. The van der Waals surface area contributed by atoms with E-state index in [1.54, 1.807) is 5.48 Å². The van der Waals surface area contributed by atoms with Gasteiger partial charge in [0, 0.05) is 6.20 Å². The summed E-state index contributed by atoms with van der Waals surface area (Å²) >= 11 is 0. The maximum Gasteiger partial charge on any atom is 0.351 e. The minimum absolute atomic E-state index is 0.0860. The van der Waals surface area contributed by atoms with Crippen molar-refractivity contribution in [3.8, 4) is 0 Å². The van der Waals surface area contributed by atoms with Crippen LogP contribution in [0.3, 0.4) is 0 Å². The number of hydrogen-bond donors (Lipinski definition) is 5. The first-order valence-corrected chi connectivity index (χ1v) is 8.87. The molecule has 6 N–H and O–H groups in total. The van der Waals surface area contributed by atoms with Crippen LogP contribution < -0.4 is 16.9 Å². The number of nitrogens with zero attached hydrogens (tertiary/aromatic N) is 2. The molecule has 29 heavy (non-hydrogen) atoms. The fourth-order valence-electron chi connectivity index (χ4n) is 2.99. The quantitative estimate of drug-likeness (QED) is 0.277. The lowest BCUT2D eigenvalue weighted by atomic mass is 10.1. The van der Waals surface area contributed by atoms with E-state index in [0.29, 0.717) is 0 Å². The molecule has 2 heterocycles. The number of carbonyl (C=O) groups excluding carboxylic acids is 1. The number of aromatic nitrogens is 2. The van der Waals surface area contributed by atoms with E-state index in [0.717, 1.165) is 10.1 Å². The average molecular weight is 406 g/mol. The molecule has 5 atom stereocenters. The van der Waals surface area contributed by atoms with E-state index in [-0.39, 0.29) is 18.8 Å². The highest BCUT2D eigenvalue weighted by Crippen LogP contribution is 2.28. The first-order chi connectivity index (χ1) is 13.9. The van der Waals surface area contributed by atoms with Crippen molar-refractivity contribution >= 4 is 11.8 Å². The molecule has 1 fully saturated rings. The molecule has 0 unspecified atom stereocenters. The Kier molecular flexibility index (Phi) is 6.56. The number of esters is 1. The number of aliphatic hydroxyl groups excluding tert-OH is 2. The second-order valence-electron chi connectivity index (χ2n) is 6.59. The number of aliphatic hydroxyl groups is 2. The number of nitrogens with one attached hydrogen (secondary N) is 1. The van der Waals surface area contributed by atoms with E-state index < -0.39 is 42.2 Å². The Morgan fingerprint density at radius 2 is 2.00 bits per heavy atom. The minimum Gasteiger partial charge on any atom is -0.462 e.